The van der Waals surface area contributed by atoms with Gasteiger partial charge in [-0.2, -0.15) is 5.10 Å². The van der Waals surface area contributed by atoms with Crippen molar-refractivity contribution in [1.29, 1.82) is 0 Å². The molecule has 8 heteroatoms. The smallest absolute Gasteiger partial charge is 0.232 e. The molecule has 0 aliphatic carbocycles. The van der Waals surface area contributed by atoms with Crippen molar-refractivity contribution in [3.8, 4) is 11.1 Å². The van der Waals surface area contributed by atoms with E-state index in [1.807, 2.05) is 29.9 Å². The van der Waals surface area contributed by atoms with Crippen LogP contribution in [0.3, 0.4) is 0 Å². The third-order valence-corrected chi connectivity index (χ3v) is 5.97. The van der Waals surface area contributed by atoms with Gasteiger partial charge >= 0.3 is 0 Å². The van der Waals surface area contributed by atoms with E-state index in [0.717, 1.165) is 35.3 Å². The molecule has 4 rings (SSSR count). The lowest BCUT2D eigenvalue weighted by molar-refractivity contribution is -0.117. The average Bonchev–Trinajstić information content (AvgIpc) is 3.23. The monoisotopic (exact) mass is 451 g/mol. The standard InChI is InChI=1S/C24H26ClN5O2/c1-14(16-6-5-7-17(8-16)28-15(2)31)23(32)29-22-9-18(20(25)12-26-22)19-11-27-30-13-24(3,4)10-21(19)30/h5-9,11-12,14H,10,13H2,1-4H3,(H,28,31)(H,26,29,32)/t14-/m0/s1. The number of carbonyl (C=O) groups excluding carboxylic acids is 2. The number of pyridine rings is 1. The molecule has 0 radical (unpaired) electrons. The maximum atomic E-state index is 12.9. The quantitative estimate of drug-likeness (QED) is 0.578. The van der Waals surface area contributed by atoms with Gasteiger partial charge in [0.1, 0.15) is 5.82 Å². The molecule has 2 amide bonds. The van der Waals surface area contributed by atoms with E-state index in [2.05, 4.69) is 34.6 Å². The predicted molar refractivity (Wildman–Crippen MR) is 126 cm³/mol. The van der Waals surface area contributed by atoms with Crippen molar-refractivity contribution in [3.63, 3.8) is 0 Å². The SMILES string of the molecule is CC(=O)Nc1cccc([C@H](C)C(=O)Nc2cc(-c3cnn4c3CC(C)(C)C4)c(Cl)cn2)c1. The zero-order valence-electron chi connectivity index (χ0n) is 18.6. The number of anilines is 2. The van der Waals surface area contributed by atoms with Gasteiger partial charge in [-0.05, 0) is 42.5 Å². The highest BCUT2D eigenvalue weighted by molar-refractivity contribution is 6.33. The zero-order chi connectivity index (χ0) is 23.0. The van der Waals surface area contributed by atoms with Crippen LogP contribution >= 0.6 is 11.6 Å². The van der Waals surface area contributed by atoms with Crippen molar-refractivity contribution in [2.24, 2.45) is 5.41 Å². The second kappa shape index (κ2) is 8.39. The number of nitrogens with zero attached hydrogens (tertiary/aromatic N) is 3. The predicted octanol–water partition coefficient (Wildman–Crippen LogP) is 4.88. The first-order valence-electron chi connectivity index (χ1n) is 10.5. The molecule has 0 saturated heterocycles. The third-order valence-electron chi connectivity index (χ3n) is 5.67. The summed E-state index contributed by atoms with van der Waals surface area (Å²) in [6, 6.07) is 9.04. The van der Waals surface area contributed by atoms with E-state index in [0.29, 0.717) is 16.5 Å². The molecule has 166 valence electrons. The molecule has 0 bridgehead atoms. The molecule has 0 fully saturated rings. The zero-order valence-corrected chi connectivity index (χ0v) is 19.3. The van der Waals surface area contributed by atoms with Crippen molar-refractivity contribution in [3.05, 3.63) is 59.0 Å². The van der Waals surface area contributed by atoms with Gasteiger partial charge in [-0.15, -0.1) is 0 Å². The first-order chi connectivity index (χ1) is 15.1. The molecule has 1 atom stereocenters. The van der Waals surface area contributed by atoms with Crippen LogP contribution in [0.5, 0.6) is 0 Å². The number of hydrogen-bond acceptors (Lipinski definition) is 4. The fourth-order valence-corrected chi connectivity index (χ4v) is 4.27. The topological polar surface area (TPSA) is 88.9 Å². The second-order valence-corrected chi connectivity index (χ2v) is 9.48. The van der Waals surface area contributed by atoms with Crippen molar-refractivity contribution >= 4 is 34.9 Å². The van der Waals surface area contributed by atoms with Gasteiger partial charge in [-0.1, -0.05) is 37.6 Å². The Balaban J connectivity index is 1.55. The summed E-state index contributed by atoms with van der Waals surface area (Å²) < 4.78 is 2.02. The van der Waals surface area contributed by atoms with Gasteiger partial charge in [0.15, 0.2) is 0 Å². The van der Waals surface area contributed by atoms with E-state index in [4.69, 9.17) is 11.6 Å². The molecule has 1 aliphatic heterocycles. The third kappa shape index (κ3) is 4.53. The summed E-state index contributed by atoms with van der Waals surface area (Å²) in [5.41, 5.74) is 4.50. The Morgan fingerprint density at radius 2 is 1.94 bits per heavy atom. The number of rotatable bonds is 5. The molecule has 0 unspecified atom stereocenters. The van der Waals surface area contributed by atoms with Gasteiger partial charge in [0.2, 0.25) is 11.8 Å². The minimum atomic E-state index is -0.439. The number of aromatic nitrogens is 3. The molecule has 7 nitrogen and oxygen atoms in total. The summed E-state index contributed by atoms with van der Waals surface area (Å²) in [7, 11) is 0. The van der Waals surface area contributed by atoms with E-state index in [1.54, 1.807) is 24.4 Å². The molecule has 3 aromatic rings. The molecular weight excluding hydrogens is 426 g/mol. The van der Waals surface area contributed by atoms with E-state index in [9.17, 15) is 9.59 Å². The maximum absolute atomic E-state index is 12.9. The van der Waals surface area contributed by atoms with E-state index in [1.165, 1.54) is 6.92 Å². The molecule has 0 spiro atoms. The summed E-state index contributed by atoms with van der Waals surface area (Å²) >= 11 is 6.47. The molecule has 32 heavy (non-hydrogen) atoms. The van der Waals surface area contributed by atoms with Crippen LogP contribution in [-0.4, -0.2) is 26.6 Å². The molecule has 0 saturated carbocycles. The summed E-state index contributed by atoms with van der Waals surface area (Å²) in [6.07, 6.45) is 4.29. The van der Waals surface area contributed by atoms with Crippen LogP contribution in [0.25, 0.3) is 11.1 Å². The summed E-state index contributed by atoms with van der Waals surface area (Å²) in [5, 5.41) is 10.7. The summed E-state index contributed by atoms with van der Waals surface area (Å²) in [4.78, 5) is 28.5. The minimum absolute atomic E-state index is 0.149. The summed E-state index contributed by atoms with van der Waals surface area (Å²) in [6.45, 7) is 8.56. The average molecular weight is 452 g/mol. The fourth-order valence-electron chi connectivity index (χ4n) is 4.06. The minimum Gasteiger partial charge on any atom is -0.326 e. The molecule has 1 aliphatic rings. The number of halogens is 1. The van der Waals surface area contributed by atoms with Crippen LogP contribution in [0.4, 0.5) is 11.5 Å². The van der Waals surface area contributed by atoms with Crippen molar-refractivity contribution < 1.29 is 9.59 Å². The van der Waals surface area contributed by atoms with Crippen LogP contribution in [0.1, 0.15) is 44.9 Å². The van der Waals surface area contributed by atoms with Crippen LogP contribution < -0.4 is 10.6 Å². The van der Waals surface area contributed by atoms with Crippen molar-refractivity contribution in [2.75, 3.05) is 10.6 Å². The molecular formula is C24H26ClN5O2. The van der Waals surface area contributed by atoms with Crippen molar-refractivity contribution in [2.45, 2.75) is 46.6 Å². The number of benzene rings is 1. The number of amides is 2. The van der Waals surface area contributed by atoms with E-state index in [-0.39, 0.29) is 17.2 Å². The number of carbonyl (C=O) groups is 2. The Labute approximate surface area is 192 Å². The van der Waals surface area contributed by atoms with Gasteiger partial charge in [-0.3, -0.25) is 14.3 Å². The van der Waals surface area contributed by atoms with E-state index < -0.39 is 5.92 Å². The van der Waals surface area contributed by atoms with Gasteiger partial charge in [-0.25, -0.2) is 4.98 Å². The van der Waals surface area contributed by atoms with Crippen LogP contribution in [0.2, 0.25) is 5.02 Å². The Morgan fingerprint density at radius 3 is 2.69 bits per heavy atom. The first kappa shape index (κ1) is 22.0. The lowest BCUT2D eigenvalue weighted by Gasteiger charge is -2.15. The highest BCUT2D eigenvalue weighted by atomic mass is 35.5. The Hall–Kier alpha value is -3.19. The summed E-state index contributed by atoms with van der Waals surface area (Å²) in [5.74, 6) is -0.374. The van der Waals surface area contributed by atoms with Gasteiger partial charge in [0, 0.05) is 42.2 Å². The van der Waals surface area contributed by atoms with Gasteiger partial charge in [0.25, 0.3) is 0 Å². The number of nitrogens with one attached hydrogen (secondary N) is 2. The highest BCUT2D eigenvalue weighted by Crippen LogP contribution is 2.39. The van der Waals surface area contributed by atoms with Gasteiger partial charge < -0.3 is 10.6 Å². The van der Waals surface area contributed by atoms with Gasteiger partial charge in [0.05, 0.1) is 17.1 Å². The molecule has 3 heterocycles. The van der Waals surface area contributed by atoms with Crippen molar-refractivity contribution in [1.82, 2.24) is 14.8 Å². The second-order valence-electron chi connectivity index (χ2n) is 9.07. The molecule has 2 N–H and O–H groups in total. The normalized spacial score (nSPS) is 15.2. The van der Waals surface area contributed by atoms with Crippen LogP contribution in [0, 0.1) is 5.41 Å². The molecule has 2 aromatic heterocycles. The Kier molecular flexibility index (Phi) is 5.77. The van der Waals surface area contributed by atoms with Crippen LogP contribution in [0.15, 0.2) is 42.7 Å². The Bertz CT molecular complexity index is 1200. The number of hydrogen-bond donors (Lipinski definition) is 2. The maximum Gasteiger partial charge on any atom is 0.232 e. The van der Waals surface area contributed by atoms with Crippen LogP contribution in [-0.2, 0) is 22.6 Å². The largest absolute Gasteiger partial charge is 0.326 e. The first-order valence-corrected chi connectivity index (χ1v) is 10.9. The lowest BCUT2D eigenvalue weighted by Crippen LogP contribution is -2.19. The Morgan fingerprint density at radius 1 is 1.16 bits per heavy atom. The fraction of sp³-hybridized carbons (Fsp3) is 0.333. The number of fused-ring (bicyclic) bond motifs is 1. The van der Waals surface area contributed by atoms with E-state index >= 15 is 0 Å². The highest BCUT2D eigenvalue weighted by Gasteiger charge is 2.32. The molecule has 1 aromatic carbocycles. The lowest BCUT2D eigenvalue weighted by atomic mass is 9.89.